The van der Waals surface area contributed by atoms with Crippen LogP contribution in [-0.4, -0.2) is 29.7 Å². The van der Waals surface area contributed by atoms with Crippen molar-refractivity contribution in [1.29, 1.82) is 0 Å². The summed E-state index contributed by atoms with van der Waals surface area (Å²) in [5.74, 6) is 0.276. The summed E-state index contributed by atoms with van der Waals surface area (Å²) >= 11 is 0. The number of pyridine rings is 1. The molecule has 7 nitrogen and oxygen atoms in total. The molecule has 2 heterocycles. The second-order valence-corrected chi connectivity index (χ2v) is 5.93. The minimum Gasteiger partial charge on any atom is -0.384 e. The predicted molar refractivity (Wildman–Crippen MR) is 77.0 cm³/mol. The number of nitrogens with zero attached hydrogens (tertiary/aromatic N) is 3. The summed E-state index contributed by atoms with van der Waals surface area (Å²) in [7, 11) is -1.99. The topological polar surface area (TPSA) is 88.9 Å². The summed E-state index contributed by atoms with van der Waals surface area (Å²) in [6.45, 7) is 2.70. The van der Waals surface area contributed by atoms with E-state index in [2.05, 4.69) is 20.1 Å². The Hall–Kier alpha value is -2.09. The number of hydrogen-bond acceptors (Lipinski definition) is 5. The Balaban J connectivity index is 2.29. The number of sulfonamides is 1. The molecule has 0 radical (unpaired) electrons. The fourth-order valence-corrected chi connectivity index (χ4v) is 2.79. The Bertz CT molecular complexity index is 681. The van der Waals surface area contributed by atoms with Crippen LogP contribution in [0.25, 0.3) is 0 Å². The Morgan fingerprint density at radius 3 is 2.80 bits per heavy atom. The molecule has 2 aromatic heterocycles. The summed E-state index contributed by atoms with van der Waals surface area (Å²) in [5, 5.41) is 7.07. The normalized spacial score (nSPS) is 11.3. The largest absolute Gasteiger partial charge is 0.384 e. The van der Waals surface area contributed by atoms with Crippen LogP contribution in [0, 0.1) is 0 Å². The SMILES string of the molecule is CCCNc1ccncc1S(=O)(=O)Nc1ccn(C)n1. The lowest BCUT2D eigenvalue weighted by Gasteiger charge is -2.11. The third kappa shape index (κ3) is 3.27. The van der Waals surface area contributed by atoms with Crippen LogP contribution in [0.5, 0.6) is 0 Å². The average Bonchev–Trinajstić information content (AvgIpc) is 2.81. The van der Waals surface area contributed by atoms with E-state index in [1.807, 2.05) is 6.92 Å². The molecule has 0 aliphatic heterocycles. The highest BCUT2D eigenvalue weighted by atomic mass is 32.2. The Labute approximate surface area is 118 Å². The molecular formula is C12H17N5O2S. The first-order chi connectivity index (χ1) is 9.53. The van der Waals surface area contributed by atoms with Crippen LogP contribution < -0.4 is 10.0 Å². The number of aryl methyl sites for hydroxylation is 1. The molecule has 0 spiro atoms. The Morgan fingerprint density at radius 2 is 2.15 bits per heavy atom. The molecule has 0 fully saturated rings. The fraction of sp³-hybridized carbons (Fsp3) is 0.333. The number of anilines is 2. The van der Waals surface area contributed by atoms with E-state index in [-0.39, 0.29) is 10.7 Å². The molecule has 8 heteroatoms. The van der Waals surface area contributed by atoms with E-state index in [9.17, 15) is 8.42 Å². The third-order valence-corrected chi connectivity index (χ3v) is 3.97. The molecule has 2 aromatic rings. The van der Waals surface area contributed by atoms with Crippen molar-refractivity contribution in [3.05, 3.63) is 30.7 Å². The minimum atomic E-state index is -3.71. The molecule has 108 valence electrons. The van der Waals surface area contributed by atoms with Gasteiger partial charge in [-0.3, -0.25) is 14.4 Å². The van der Waals surface area contributed by atoms with Gasteiger partial charge in [0.1, 0.15) is 4.90 Å². The summed E-state index contributed by atoms with van der Waals surface area (Å²) in [4.78, 5) is 3.99. The summed E-state index contributed by atoms with van der Waals surface area (Å²) in [6.07, 6.45) is 5.44. The monoisotopic (exact) mass is 295 g/mol. The van der Waals surface area contributed by atoms with E-state index in [4.69, 9.17) is 0 Å². The molecule has 0 aromatic carbocycles. The molecule has 0 bridgehead atoms. The predicted octanol–water partition coefficient (Wildman–Crippen LogP) is 1.44. The molecular weight excluding hydrogens is 278 g/mol. The molecule has 0 saturated heterocycles. The van der Waals surface area contributed by atoms with Crippen molar-refractivity contribution >= 4 is 21.5 Å². The fourth-order valence-electron chi connectivity index (χ4n) is 1.66. The van der Waals surface area contributed by atoms with E-state index >= 15 is 0 Å². The van der Waals surface area contributed by atoms with E-state index in [0.717, 1.165) is 6.42 Å². The van der Waals surface area contributed by atoms with Crippen molar-refractivity contribution in [3.8, 4) is 0 Å². The van der Waals surface area contributed by atoms with Gasteiger partial charge >= 0.3 is 0 Å². The lowest BCUT2D eigenvalue weighted by atomic mass is 10.4. The second kappa shape index (κ2) is 5.91. The van der Waals surface area contributed by atoms with Gasteiger partial charge < -0.3 is 5.32 Å². The van der Waals surface area contributed by atoms with E-state index < -0.39 is 10.0 Å². The van der Waals surface area contributed by atoms with Crippen LogP contribution in [-0.2, 0) is 17.1 Å². The molecule has 2 rings (SSSR count). The molecule has 0 aliphatic carbocycles. The molecule has 0 unspecified atom stereocenters. The highest BCUT2D eigenvalue weighted by molar-refractivity contribution is 7.92. The zero-order chi connectivity index (χ0) is 14.6. The second-order valence-electron chi connectivity index (χ2n) is 4.28. The Kier molecular flexibility index (Phi) is 4.23. The lowest BCUT2D eigenvalue weighted by molar-refractivity contribution is 0.600. The van der Waals surface area contributed by atoms with E-state index in [1.165, 1.54) is 10.9 Å². The van der Waals surface area contributed by atoms with Gasteiger partial charge in [0.05, 0.1) is 5.69 Å². The zero-order valence-electron chi connectivity index (χ0n) is 11.4. The van der Waals surface area contributed by atoms with Gasteiger partial charge in [0.15, 0.2) is 5.82 Å². The first-order valence-corrected chi connectivity index (χ1v) is 7.71. The number of aromatic nitrogens is 3. The summed E-state index contributed by atoms with van der Waals surface area (Å²) in [5.41, 5.74) is 0.533. The van der Waals surface area contributed by atoms with Crippen LogP contribution in [0.1, 0.15) is 13.3 Å². The molecule has 0 amide bonds. The first-order valence-electron chi connectivity index (χ1n) is 6.23. The molecule has 0 aliphatic rings. The van der Waals surface area contributed by atoms with Crippen LogP contribution in [0.2, 0.25) is 0 Å². The highest BCUT2D eigenvalue weighted by Crippen LogP contribution is 2.21. The van der Waals surface area contributed by atoms with Crippen molar-refractivity contribution in [2.75, 3.05) is 16.6 Å². The summed E-state index contributed by atoms with van der Waals surface area (Å²) < 4.78 is 28.7. The van der Waals surface area contributed by atoms with Crippen molar-refractivity contribution < 1.29 is 8.42 Å². The maximum Gasteiger partial charge on any atom is 0.266 e. The quantitative estimate of drug-likeness (QED) is 0.841. The Morgan fingerprint density at radius 1 is 1.35 bits per heavy atom. The minimum absolute atomic E-state index is 0.110. The van der Waals surface area contributed by atoms with Gasteiger partial charge in [-0.25, -0.2) is 8.42 Å². The first kappa shape index (κ1) is 14.3. The number of hydrogen-bond donors (Lipinski definition) is 2. The van der Waals surface area contributed by atoms with Crippen LogP contribution >= 0.6 is 0 Å². The smallest absolute Gasteiger partial charge is 0.266 e. The molecule has 0 saturated carbocycles. The van der Waals surface area contributed by atoms with Gasteiger partial charge in [0.25, 0.3) is 10.0 Å². The lowest BCUT2D eigenvalue weighted by Crippen LogP contribution is -2.16. The summed E-state index contributed by atoms with van der Waals surface area (Å²) in [6, 6.07) is 3.23. The molecule has 0 atom stereocenters. The van der Waals surface area contributed by atoms with Gasteiger partial charge in [0, 0.05) is 38.2 Å². The van der Waals surface area contributed by atoms with Gasteiger partial charge in [-0.05, 0) is 12.5 Å². The average molecular weight is 295 g/mol. The van der Waals surface area contributed by atoms with Gasteiger partial charge in [-0.15, -0.1) is 0 Å². The maximum absolute atomic E-state index is 12.4. The standard InChI is InChI=1S/C12H17N5O2S/c1-3-6-14-10-4-7-13-9-11(10)20(18,19)16-12-5-8-17(2)15-12/h4-5,7-9H,3,6H2,1-2H3,(H,13,14)(H,15,16). The number of rotatable bonds is 6. The van der Waals surface area contributed by atoms with Crippen LogP contribution in [0.3, 0.4) is 0 Å². The van der Waals surface area contributed by atoms with Crippen molar-refractivity contribution in [2.45, 2.75) is 18.2 Å². The van der Waals surface area contributed by atoms with Gasteiger partial charge in [0.2, 0.25) is 0 Å². The van der Waals surface area contributed by atoms with Crippen LogP contribution in [0.4, 0.5) is 11.5 Å². The van der Waals surface area contributed by atoms with Gasteiger partial charge in [-0.1, -0.05) is 6.92 Å². The van der Waals surface area contributed by atoms with E-state index in [1.54, 1.807) is 31.6 Å². The maximum atomic E-state index is 12.4. The van der Waals surface area contributed by atoms with Crippen molar-refractivity contribution in [3.63, 3.8) is 0 Å². The van der Waals surface area contributed by atoms with Gasteiger partial charge in [-0.2, -0.15) is 5.10 Å². The number of nitrogens with one attached hydrogen (secondary N) is 2. The third-order valence-electron chi connectivity index (χ3n) is 2.59. The molecule has 20 heavy (non-hydrogen) atoms. The van der Waals surface area contributed by atoms with Crippen molar-refractivity contribution in [1.82, 2.24) is 14.8 Å². The van der Waals surface area contributed by atoms with Crippen LogP contribution in [0.15, 0.2) is 35.6 Å². The van der Waals surface area contributed by atoms with E-state index in [0.29, 0.717) is 12.2 Å². The zero-order valence-corrected chi connectivity index (χ0v) is 12.2. The highest BCUT2D eigenvalue weighted by Gasteiger charge is 2.19. The molecule has 2 N–H and O–H groups in total. The van der Waals surface area contributed by atoms with Crippen molar-refractivity contribution in [2.24, 2.45) is 7.05 Å².